The lowest BCUT2D eigenvalue weighted by molar-refractivity contribution is -0.138. The molecule has 9 heteroatoms. The van der Waals surface area contributed by atoms with Crippen molar-refractivity contribution in [3.05, 3.63) is 41.9 Å². The van der Waals surface area contributed by atoms with Crippen molar-refractivity contribution in [3.63, 3.8) is 0 Å². The van der Waals surface area contributed by atoms with Crippen LogP contribution < -0.4 is 4.90 Å². The van der Waals surface area contributed by atoms with Gasteiger partial charge in [-0.05, 0) is 36.8 Å². The molecule has 0 N–H and O–H groups in total. The number of hydrogen-bond donors (Lipinski definition) is 0. The van der Waals surface area contributed by atoms with Gasteiger partial charge in [0.15, 0.2) is 0 Å². The van der Waals surface area contributed by atoms with Gasteiger partial charge in [0.1, 0.15) is 17.7 Å². The van der Waals surface area contributed by atoms with E-state index < -0.39 is 12.1 Å². The van der Waals surface area contributed by atoms with Gasteiger partial charge in [-0.25, -0.2) is 9.18 Å². The Morgan fingerprint density at radius 1 is 1.06 bits per heavy atom. The predicted molar refractivity (Wildman–Crippen MR) is 113 cm³/mol. The summed E-state index contributed by atoms with van der Waals surface area (Å²) in [6.45, 7) is 4.95. The first-order valence-electron chi connectivity index (χ1n) is 10.7. The maximum Gasteiger partial charge on any atom is 0.327 e. The molecule has 8 nitrogen and oxygen atoms in total. The molecule has 2 saturated heterocycles. The minimum Gasteiger partial charge on any atom is -0.368 e. The highest BCUT2D eigenvalue weighted by Crippen LogP contribution is 2.35. The Balaban J connectivity index is 1.50. The fraction of sp³-hybridized carbons (Fsp3) is 0.500. The van der Waals surface area contributed by atoms with Crippen LogP contribution in [0.2, 0.25) is 0 Å². The molecule has 1 aromatic rings. The van der Waals surface area contributed by atoms with E-state index in [1.54, 1.807) is 35.1 Å². The number of fused-ring (bicyclic) bond motifs is 1. The summed E-state index contributed by atoms with van der Waals surface area (Å²) >= 11 is 0. The molecule has 0 aliphatic carbocycles. The van der Waals surface area contributed by atoms with Gasteiger partial charge in [0.05, 0.1) is 5.92 Å². The van der Waals surface area contributed by atoms with Crippen LogP contribution in [0, 0.1) is 11.7 Å². The minimum atomic E-state index is -0.543. The highest BCUT2D eigenvalue weighted by Gasteiger charge is 2.50. The van der Waals surface area contributed by atoms with Gasteiger partial charge in [-0.1, -0.05) is 6.92 Å². The van der Waals surface area contributed by atoms with Gasteiger partial charge in [0.2, 0.25) is 5.91 Å². The van der Waals surface area contributed by atoms with Crippen molar-refractivity contribution in [2.24, 2.45) is 5.92 Å². The maximum absolute atomic E-state index is 13.4. The molecule has 2 unspecified atom stereocenters. The molecule has 0 aromatic heterocycles. The Bertz CT molecular complexity index is 910. The number of nitrogens with zero attached hydrogens (tertiary/aromatic N) is 5. The molecule has 166 valence electrons. The predicted octanol–water partition coefficient (Wildman–Crippen LogP) is 1.55. The van der Waals surface area contributed by atoms with Gasteiger partial charge in [-0.3, -0.25) is 14.5 Å². The van der Waals surface area contributed by atoms with E-state index in [-0.39, 0.29) is 23.7 Å². The third kappa shape index (κ3) is 3.62. The molecule has 0 saturated carbocycles. The molecule has 1 aromatic carbocycles. The largest absolute Gasteiger partial charge is 0.368 e. The van der Waals surface area contributed by atoms with E-state index in [1.807, 2.05) is 11.8 Å². The zero-order valence-corrected chi connectivity index (χ0v) is 18.1. The number of rotatable bonds is 4. The molecule has 4 rings (SSSR count). The Hall–Kier alpha value is -3.10. The van der Waals surface area contributed by atoms with Crippen molar-refractivity contribution in [2.75, 3.05) is 51.7 Å². The molecule has 2 fully saturated rings. The highest BCUT2D eigenvalue weighted by atomic mass is 19.1. The standard InChI is InChI=1S/C22H28FN5O3/c1-4-9-28-18(14-17-19(28)24(2)22(31)25(3)20(17)29)21(30)27-12-10-26(11-13-27)16-7-5-15(23)6-8-16/h5-8,14,17,19H,4,9-13H2,1-3H3. The summed E-state index contributed by atoms with van der Waals surface area (Å²) in [4.78, 5) is 47.1. The number of halogens is 1. The van der Waals surface area contributed by atoms with E-state index in [9.17, 15) is 18.8 Å². The van der Waals surface area contributed by atoms with E-state index >= 15 is 0 Å². The topological polar surface area (TPSA) is 67.4 Å². The van der Waals surface area contributed by atoms with Gasteiger partial charge < -0.3 is 19.6 Å². The average Bonchev–Trinajstić information content (AvgIpc) is 3.16. The van der Waals surface area contributed by atoms with Crippen LogP contribution in [0.25, 0.3) is 0 Å². The van der Waals surface area contributed by atoms with Crippen LogP contribution in [-0.2, 0) is 9.59 Å². The molecule has 0 spiro atoms. The molecule has 2 atom stereocenters. The molecule has 4 amide bonds. The third-order valence-corrected chi connectivity index (χ3v) is 6.33. The van der Waals surface area contributed by atoms with Crippen molar-refractivity contribution in [1.29, 1.82) is 0 Å². The van der Waals surface area contributed by atoms with Gasteiger partial charge in [-0.15, -0.1) is 0 Å². The number of hydrogen-bond acceptors (Lipinski definition) is 5. The monoisotopic (exact) mass is 429 g/mol. The Kier molecular flexibility index (Phi) is 5.60. The van der Waals surface area contributed by atoms with Crippen molar-refractivity contribution in [2.45, 2.75) is 19.5 Å². The van der Waals surface area contributed by atoms with E-state index in [2.05, 4.69) is 4.90 Å². The van der Waals surface area contributed by atoms with E-state index in [4.69, 9.17) is 0 Å². The zero-order valence-electron chi connectivity index (χ0n) is 18.1. The number of carbonyl (C=O) groups is 3. The Morgan fingerprint density at radius 3 is 2.32 bits per heavy atom. The molecule has 3 aliphatic heterocycles. The van der Waals surface area contributed by atoms with Crippen LogP contribution in [0.3, 0.4) is 0 Å². The van der Waals surface area contributed by atoms with Crippen molar-refractivity contribution in [3.8, 4) is 0 Å². The van der Waals surface area contributed by atoms with Crippen LogP contribution in [0.15, 0.2) is 36.0 Å². The quantitative estimate of drug-likeness (QED) is 0.727. The van der Waals surface area contributed by atoms with Crippen molar-refractivity contribution >= 4 is 23.5 Å². The summed E-state index contributed by atoms with van der Waals surface area (Å²) in [6, 6.07) is 6.00. The lowest BCUT2D eigenvalue weighted by atomic mass is 10.0. The first kappa shape index (κ1) is 21.1. The second kappa shape index (κ2) is 8.20. The average molecular weight is 429 g/mol. The number of piperazine rings is 1. The number of amides is 4. The summed E-state index contributed by atoms with van der Waals surface area (Å²) in [5.74, 6) is -1.21. The number of imide groups is 1. The van der Waals surface area contributed by atoms with Crippen molar-refractivity contribution in [1.82, 2.24) is 19.6 Å². The summed E-state index contributed by atoms with van der Waals surface area (Å²) in [5.41, 5.74) is 1.43. The van der Waals surface area contributed by atoms with Crippen LogP contribution in [0.4, 0.5) is 14.9 Å². The summed E-state index contributed by atoms with van der Waals surface area (Å²) < 4.78 is 13.2. The smallest absolute Gasteiger partial charge is 0.327 e. The van der Waals surface area contributed by atoms with Gasteiger partial charge in [-0.2, -0.15) is 0 Å². The zero-order chi connectivity index (χ0) is 22.3. The SMILES string of the molecule is CCCN1C(C(=O)N2CCN(c3ccc(F)cc3)CC2)=CC2C(=O)N(C)C(=O)N(C)C21. The third-order valence-electron chi connectivity index (χ3n) is 6.33. The summed E-state index contributed by atoms with van der Waals surface area (Å²) in [5, 5.41) is 0. The Labute approximate surface area is 181 Å². The number of carbonyl (C=O) groups excluding carboxylic acids is 3. The molecule has 0 radical (unpaired) electrons. The van der Waals surface area contributed by atoms with E-state index in [0.29, 0.717) is 38.4 Å². The normalized spacial score (nSPS) is 24.0. The molecular weight excluding hydrogens is 401 g/mol. The molecule has 3 heterocycles. The molecular formula is C22H28FN5O3. The first-order valence-corrected chi connectivity index (χ1v) is 10.7. The van der Waals surface area contributed by atoms with E-state index in [0.717, 1.165) is 17.0 Å². The fourth-order valence-corrected chi connectivity index (χ4v) is 4.67. The van der Waals surface area contributed by atoms with Gasteiger partial charge >= 0.3 is 6.03 Å². The van der Waals surface area contributed by atoms with Crippen LogP contribution >= 0.6 is 0 Å². The van der Waals surface area contributed by atoms with Crippen LogP contribution in [0.1, 0.15) is 13.3 Å². The van der Waals surface area contributed by atoms with Gasteiger partial charge in [0.25, 0.3) is 5.91 Å². The second-order valence-electron chi connectivity index (χ2n) is 8.23. The maximum atomic E-state index is 13.4. The fourth-order valence-electron chi connectivity index (χ4n) is 4.67. The molecule has 31 heavy (non-hydrogen) atoms. The minimum absolute atomic E-state index is 0.113. The second-order valence-corrected chi connectivity index (χ2v) is 8.23. The highest BCUT2D eigenvalue weighted by molar-refractivity contribution is 6.02. The first-order chi connectivity index (χ1) is 14.8. The Morgan fingerprint density at radius 2 is 1.71 bits per heavy atom. The van der Waals surface area contributed by atoms with Crippen LogP contribution in [-0.4, -0.2) is 90.4 Å². The number of benzene rings is 1. The number of anilines is 1. The number of urea groups is 1. The van der Waals surface area contributed by atoms with Crippen molar-refractivity contribution < 1.29 is 18.8 Å². The van der Waals surface area contributed by atoms with Gasteiger partial charge in [0, 0.05) is 52.5 Å². The van der Waals surface area contributed by atoms with E-state index in [1.165, 1.54) is 19.2 Å². The van der Waals surface area contributed by atoms with Crippen LogP contribution in [0.5, 0.6) is 0 Å². The lowest BCUT2D eigenvalue weighted by Crippen LogP contribution is -2.62. The summed E-state index contributed by atoms with van der Waals surface area (Å²) in [7, 11) is 3.15. The molecule has 3 aliphatic rings. The lowest BCUT2D eigenvalue weighted by Gasteiger charge is -2.43. The summed E-state index contributed by atoms with van der Waals surface area (Å²) in [6.07, 6.45) is 2.06. The molecule has 0 bridgehead atoms.